The third-order valence-electron chi connectivity index (χ3n) is 3.39. The van der Waals surface area contributed by atoms with Crippen LogP contribution < -0.4 is 5.43 Å². The number of aromatic amines is 2. The number of hydrogen-bond donors (Lipinski definition) is 2. The number of pyridine rings is 1. The molecule has 2 aromatic heterocycles. The van der Waals surface area contributed by atoms with Gasteiger partial charge in [0.25, 0.3) is 0 Å². The minimum atomic E-state index is -0.290. The quantitative estimate of drug-likeness (QED) is 0.676. The molecule has 3 aromatic rings. The van der Waals surface area contributed by atoms with Gasteiger partial charge in [-0.25, -0.2) is 9.37 Å². The molecule has 0 bridgehead atoms. The second-order valence-electron chi connectivity index (χ2n) is 4.90. The number of nitrogens with one attached hydrogen (secondary N) is 2. The summed E-state index contributed by atoms with van der Waals surface area (Å²) in [6.45, 7) is 3.60. The highest BCUT2D eigenvalue weighted by molar-refractivity contribution is 7.98. The van der Waals surface area contributed by atoms with Crippen molar-refractivity contribution in [3.8, 4) is 0 Å². The van der Waals surface area contributed by atoms with E-state index in [0.717, 1.165) is 16.8 Å². The summed E-state index contributed by atoms with van der Waals surface area (Å²) in [4.78, 5) is 22.5. The number of imidazole rings is 1. The van der Waals surface area contributed by atoms with Gasteiger partial charge in [-0.15, -0.1) is 24.8 Å². The number of nitrogens with zero attached hydrogens (tertiary/aromatic N) is 1. The van der Waals surface area contributed by atoms with E-state index in [4.69, 9.17) is 0 Å². The largest absolute Gasteiger partial charge is 0.364 e. The van der Waals surface area contributed by atoms with Gasteiger partial charge in [-0.05, 0) is 32.0 Å². The van der Waals surface area contributed by atoms with Gasteiger partial charge < -0.3 is 9.97 Å². The Balaban J connectivity index is 0.00000132. The van der Waals surface area contributed by atoms with Crippen molar-refractivity contribution in [1.29, 1.82) is 0 Å². The summed E-state index contributed by atoms with van der Waals surface area (Å²) < 4.78 is 13.1. The lowest BCUT2D eigenvalue weighted by molar-refractivity contribution is 0.629. The molecule has 0 saturated heterocycles. The van der Waals surface area contributed by atoms with Gasteiger partial charge in [-0.1, -0.05) is 11.8 Å². The van der Waals surface area contributed by atoms with Gasteiger partial charge in [0.2, 0.25) is 0 Å². The fraction of sp³-hybridized carbons (Fsp3) is 0.200. The van der Waals surface area contributed by atoms with E-state index in [2.05, 4.69) is 15.0 Å². The molecule has 0 amide bonds. The highest BCUT2D eigenvalue weighted by atomic mass is 35.5. The van der Waals surface area contributed by atoms with Crippen LogP contribution in [0.2, 0.25) is 0 Å². The van der Waals surface area contributed by atoms with Crippen LogP contribution in [-0.2, 0) is 5.75 Å². The zero-order valence-corrected chi connectivity index (χ0v) is 14.9. The Hall–Kier alpha value is -1.50. The molecule has 1 aromatic carbocycles. The Bertz CT molecular complexity index is 879. The predicted octanol–water partition coefficient (Wildman–Crippen LogP) is 4.14. The number of fused-ring (bicyclic) bond motifs is 1. The summed E-state index contributed by atoms with van der Waals surface area (Å²) in [5.74, 6) is 0.310. The number of benzene rings is 1. The van der Waals surface area contributed by atoms with Gasteiger partial charge >= 0.3 is 0 Å². The highest BCUT2D eigenvalue weighted by Crippen LogP contribution is 2.23. The summed E-state index contributed by atoms with van der Waals surface area (Å²) in [7, 11) is 0. The van der Waals surface area contributed by atoms with E-state index < -0.39 is 0 Å². The van der Waals surface area contributed by atoms with Gasteiger partial charge in [0.05, 0.1) is 11.0 Å². The topological polar surface area (TPSA) is 61.5 Å². The third kappa shape index (κ3) is 4.07. The van der Waals surface area contributed by atoms with Crippen LogP contribution in [0.4, 0.5) is 4.39 Å². The van der Waals surface area contributed by atoms with Crippen LogP contribution in [0.1, 0.15) is 16.8 Å². The Kier molecular flexibility index (Phi) is 6.68. The molecule has 3 rings (SSSR count). The second-order valence-corrected chi connectivity index (χ2v) is 5.86. The molecule has 124 valence electrons. The molecule has 23 heavy (non-hydrogen) atoms. The summed E-state index contributed by atoms with van der Waals surface area (Å²) in [5.41, 5.74) is 3.78. The first-order chi connectivity index (χ1) is 10.0. The fourth-order valence-corrected chi connectivity index (χ4v) is 3.05. The van der Waals surface area contributed by atoms with Gasteiger partial charge in [-0.2, -0.15) is 0 Å². The average Bonchev–Trinajstić information content (AvgIpc) is 2.86. The monoisotopic (exact) mass is 375 g/mol. The van der Waals surface area contributed by atoms with Crippen LogP contribution in [0.25, 0.3) is 11.0 Å². The number of aromatic nitrogens is 3. The molecular formula is C15H16Cl2FN3OS. The van der Waals surface area contributed by atoms with Crippen molar-refractivity contribution in [2.45, 2.75) is 24.8 Å². The first kappa shape index (κ1) is 19.5. The van der Waals surface area contributed by atoms with E-state index in [1.807, 2.05) is 6.92 Å². The zero-order valence-electron chi connectivity index (χ0n) is 12.5. The molecule has 0 atom stereocenters. The molecule has 4 nitrogen and oxygen atoms in total. The van der Waals surface area contributed by atoms with E-state index in [-0.39, 0.29) is 36.1 Å². The molecule has 2 N–H and O–H groups in total. The Morgan fingerprint density at radius 2 is 2.00 bits per heavy atom. The minimum Gasteiger partial charge on any atom is -0.364 e. The lowest BCUT2D eigenvalue weighted by atomic mass is 10.2. The van der Waals surface area contributed by atoms with E-state index in [9.17, 15) is 9.18 Å². The summed E-state index contributed by atoms with van der Waals surface area (Å²) in [5, 5.41) is 0.705. The van der Waals surface area contributed by atoms with E-state index in [1.165, 1.54) is 23.9 Å². The smallest absolute Gasteiger partial charge is 0.187 e. The molecule has 0 aliphatic heterocycles. The average molecular weight is 376 g/mol. The SMILES string of the molecule is Cc1c[nH]c(CSc2nc3ccc(F)cc3[nH]2)c(C)c1=O.Cl.Cl. The predicted molar refractivity (Wildman–Crippen MR) is 96.6 cm³/mol. The number of rotatable bonds is 3. The van der Waals surface area contributed by atoms with E-state index in [0.29, 0.717) is 22.0 Å². The van der Waals surface area contributed by atoms with Gasteiger partial charge in [0.1, 0.15) is 5.82 Å². The van der Waals surface area contributed by atoms with Crippen LogP contribution in [-0.4, -0.2) is 15.0 Å². The lowest BCUT2D eigenvalue weighted by Gasteiger charge is -2.04. The van der Waals surface area contributed by atoms with Gasteiger partial charge in [0, 0.05) is 28.8 Å². The first-order valence-electron chi connectivity index (χ1n) is 6.50. The fourth-order valence-electron chi connectivity index (χ4n) is 2.12. The number of thioether (sulfide) groups is 1. The maximum atomic E-state index is 13.1. The van der Waals surface area contributed by atoms with E-state index in [1.54, 1.807) is 19.2 Å². The third-order valence-corrected chi connectivity index (χ3v) is 4.29. The van der Waals surface area contributed by atoms with Crippen molar-refractivity contribution < 1.29 is 4.39 Å². The molecule has 0 aliphatic carbocycles. The number of halogens is 3. The van der Waals surface area contributed by atoms with Gasteiger partial charge in [-0.3, -0.25) is 4.79 Å². The number of H-pyrrole nitrogens is 2. The minimum absolute atomic E-state index is 0. The molecule has 0 fully saturated rings. The molecule has 0 radical (unpaired) electrons. The van der Waals surface area contributed by atoms with Crippen molar-refractivity contribution in [3.63, 3.8) is 0 Å². The standard InChI is InChI=1S/C15H14FN3OS.2ClH/c1-8-6-17-13(9(2)14(8)20)7-21-15-18-11-4-3-10(16)5-12(11)19-15;;/h3-6H,7H2,1-2H3,(H,17,20)(H,18,19);2*1H. The molecule has 8 heteroatoms. The Morgan fingerprint density at radius 3 is 2.74 bits per heavy atom. The Morgan fingerprint density at radius 1 is 1.26 bits per heavy atom. The van der Waals surface area contributed by atoms with Crippen LogP contribution >= 0.6 is 36.6 Å². The van der Waals surface area contributed by atoms with Crippen molar-refractivity contribution in [3.05, 3.63) is 57.3 Å². The number of hydrogen-bond acceptors (Lipinski definition) is 3. The molecule has 0 aliphatic rings. The van der Waals surface area contributed by atoms with Gasteiger partial charge in [0.15, 0.2) is 10.6 Å². The molecule has 2 heterocycles. The van der Waals surface area contributed by atoms with Crippen molar-refractivity contribution >= 4 is 47.6 Å². The summed E-state index contributed by atoms with van der Waals surface area (Å²) in [6, 6.07) is 4.45. The Labute approximate surface area is 149 Å². The lowest BCUT2D eigenvalue weighted by Crippen LogP contribution is -2.12. The van der Waals surface area contributed by atoms with Crippen LogP contribution in [0.15, 0.2) is 34.3 Å². The maximum absolute atomic E-state index is 13.1. The molecular weight excluding hydrogens is 360 g/mol. The summed E-state index contributed by atoms with van der Waals surface area (Å²) in [6.07, 6.45) is 1.72. The molecule has 0 unspecified atom stereocenters. The summed E-state index contributed by atoms with van der Waals surface area (Å²) >= 11 is 1.47. The highest BCUT2D eigenvalue weighted by Gasteiger charge is 2.08. The normalized spacial score (nSPS) is 10.2. The van der Waals surface area contributed by atoms with Crippen LogP contribution in [0.5, 0.6) is 0 Å². The van der Waals surface area contributed by atoms with Crippen molar-refractivity contribution in [2.75, 3.05) is 0 Å². The zero-order chi connectivity index (χ0) is 15.0. The molecule has 0 saturated carbocycles. The van der Waals surface area contributed by atoms with Crippen molar-refractivity contribution in [2.24, 2.45) is 0 Å². The molecule has 0 spiro atoms. The van der Waals surface area contributed by atoms with E-state index >= 15 is 0 Å². The first-order valence-corrected chi connectivity index (χ1v) is 7.49. The van der Waals surface area contributed by atoms with Crippen LogP contribution in [0.3, 0.4) is 0 Å². The maximum Gasteiger partial charge on any atom is 0.187 e. The second kappa shape index (κ2) is 7.86. The van der Waals surface area contributed by atoms with Crippen LogP contribution in [0, 0.1) is 19.7 Å². The number of aryl methyl sites for hydroxylation is 1. The van der Waals surface area contributed by atoms with Crippen molar-refractivity contribution in [1.82, 2.24) is 15.0 Å².